The molecule has 1 saturated heterocycles. The van der Waals surface area contributed by atoms with Crippen LogP contribution in [0.25, 0.3) is 11.0 Å². The number of carbonyl (C=O) groups is 1. The quantitative estimate of drug-likeness (QED) is 0.616. The average Bonchev–Trinajstić information content (AvgIpc) is 3.08. The second kappa shape index (κ2) is 7.97. The van der Waals surface area contributed by atoms with Crippen LogP contribution >= 0.6 is 0 Å². The summed E-state index contributed by atoms with van der Waals surface area (Å²) in [6.07, 6.45) is -1.63. The standard InChI is InChI=1S/C21H20F4N4O/c22-14-8-9-17(28-10-4-1-5-11-28)16(12-14)26-19(30)13-29-18-7-3-2-6-15(18)27-20(29)21(23,24)25/h2-3,6-9,12H,1,4-5,10-11,13H2,(H,26,30). The van der Waals surface area contributed by atoms with Crippen LogP contribution in [-0.2, 0) is 17.5 Å². The van der Waals surface area contributed by atoms with Gasteiger partial charge in [0.2, 0.25) is 11.7 Å². The lowest BCUT2D eigenvalue weighted by molar-refractivity contribution is -0.147. The summed E-state index contributed by atoms with van der Waals surface area (Å²) in [6.45, 7) is 0.961. The number of rotatable bonds is 4. The largest absolute Gasteiger partial charge is 0.449 e. The number of para-hydroxylation sites is 2. The topological polar surface area (TPSA) is 50.2 Å². The molecular formula is C21H20F4N4O. The van der Waals surface area contributed by atoms with Gasteiger partial charge in [0.1, 0.15) is 12.4 Å². The maximum absolute atomic E-state index is 13.8. The number of anilines is 2. The van der Waals surface area contributed by atoms with Crippen LogP contribution in [0.1, 0.15) is 25.1 Å². The lowest BCUT2D eigenvalue weighted by Gasteiger charge is -2.30. The second-order valence-corrected chi connectivity index (χ2v) is 7.27. The van der Waals surface area contributed by atoms with Crippen molar-refractivity contribution in [1.82, 2.24) is 9.55 Å². The summed E-state index contributed by atoms with van der Waals surface area (Å²) in [5, 5.41) is 2.59. The molecule has 1 aliphatic heterocycles. The van der Waals surface area contributed by atoms with Crippen molar-refractivity contribution in [3.8, 4) is 0 Å². The maximum Gasteiger partial charge on any atom is 0.449 e. The molecule has 0 aliphatic carbocycles. The van der Waals surface area contributed by atoms with Gasteiger partial charge in [-0.3, -0.25) is 4.79 Å². The Kier molecular flexibility index (Phi) is 5.36. The number of benzene rings is 2. The van der Waals surface area contributed by atoms with E-state index in [0.717, 1.165) is 36.9 Å². The molecule has 0 radical (unpaired) electrons. The summed E-state index contributed by atoms with van der Waals surface area (Å²) in [6, 6.07) is 10.2. The number of nitrogens with one attached hydrogen (secondary N) is 1. The van der Waals surface area contributed by atoms with Crippen molar-refractivity contribution in [2.45, 2.75) is 32.0 Å². The van der Waals surface area contributed by atoms with Gasteiger partial charge in [0, 0.05) is 13.1 Å². The molecule has 158 valence electrons. The van der Waals surface area contributed by atoms with Crippen molar-refractivity contribution in [2.75, 3.05) is 23.3 Å². The lowest BCUT2D eigenvalue weighted by Crippen LogP contribution is -2.31. The Bertz CT molecular complexity index is 1070. The summed E-state index contributed by atoms with van der Waals surface area (Å²) >= 11 is 0. The molecule has 30 heavy (non-hydrogen) atoms. The summed E-state index contributed by atoms with van der Waals surface area (Å²) in [5.41, 5.74) is 1.27. The number of imidazole rings is 1. The van der Waals surface area contributed by atoms with E-state index < -0.39 is 30.3 Å². The number of aromatic nitrogens is 2. The van der Waals surface area contributed by atoms with E-state index in [9.17, 15) is 22.4 Å². The summed E-state index contributed by atoms with van der Waals surface area (Å²) in [4.78, 5) is 18.4. The number of piperidine rings is 1. The Morgan fingerprint density at radius 2 is 1.80 bits per heavy atom. The third-order valence-electron chi connectivity index (χ3n) is 5.14. The van der Waals surface area contributed by atoms with Crippen LogP contribution in [-0.4, -0.2) is 28.5 Å². The number of amides is 1. The monoisotopic (exact) mass is 420 g/mol. The van der Waals surface area contributed by atoms with Gasteiger partial charge in [-0.1, -0.05) is 12.1 Å². The fourth-order valence-corrected chi connectivity index (χ4v) is 3.80. The van der Waals surface area contributed by atoms with E-state index >= 15 is 0 Å². The fourth-order valence-electron chi connectivity index (χ4n) is 3.80. The summed E-state index contributed by atoms with van der Waals surface area (Å²) in [5.74, 6) is -2.36. The average molecular weight is 420 g/mol. The zero-order valence-corrected chi connectivity index (χ0v) is 16.0. The molecule has 1 aromatic heterocycles. The molecular weight excluding hydrogens is 400 g/mol. The first-order valence-electron chi connectivity index (χ1n) is 9.70. The number of alkyl halides is 3. The number of hydrogen-bond acceptors (Lipinski definition) is 3. The minimum Gasteiger partial charge on any atom is -0.370 e. The first-order valence-corrected chi connectivity index (χ1v) is 9.70. The highest BCUT2D eigenvalue weighted by atomic mass is 19.4. The van der Waals surface area contributed by atoms with Gasteiger partial charge in [-0.25, -0.2) is 9.37 Å². The minimum absolute atomic E-state index is 0.150. The molecule has 2 heterocycles. The van der Waals surface area contributed by atoms with Crippen molar-refractivity contribution in [3.05, 3.63) is 54.1 Å². The van der Waals surface area contributed by atoms with Gasteiger partial charge in [0.25, 0.3) is 0 Å². The van der Waals surface area contributed by atoms with E-state index in [0.29, 0.717) is 5.69 Å². The molecule has 3 aromatic rings. The first-order chi connectivity index (χ1) is 14.3. The van der Waals surface area contributed by atoms with E-state index in [2.05, 4.69) is 10.3 Å². The van der Waals surface area contributed by atoms with Gasteiger partial charge >= 0.3 is 6.18 Å². The number of carbonyl (C=O) groups excluding carboxylic acids is 1. The van der Waals surface area contributed by atoms with Crippen LogP contribution in [0.5, 0.6) is 0 Å². The Balaban J connectivity index is 1.63. The van der Waals surface area contributed by atoms with E-state index in [4.69, 9.17) is 0 Å². The number of fused-ring (bicyclic) bond motifs is 1. The predicted molar refractivity (Wildman–Crippen MR) is 106 cm³/mol. The molecule has 0 unspecified atom stereocenters. The SMILES string of the molecule is O=C(Cn1c(C(F)(F)F)nc2ccccc21)Nc1cc(F)ccc1N1CCCCC1. The van der Waals surface area contributed by atoms with E-state index in [1.54, 1.807) is 18.2 Å². The second-order valence-electron chi connectivity index (χ2n) is 7.27. The molecule has 1 fully saturated rings. The molecule has 1 aliphatic rings. The molecule has 1 N–H and O–H groups in total. The van der Waals surface area contributed by atoms with Crippen LogP contribution in [0.3, 0.4) is 0 Å². The maximum atomic E-state index is 13.8. The van der Waals surface area contributed by atoms with Crippen LogP contribution in [0, 0.1) is 5.82 Å². The van der Waals surface area contributed by atoms with Gasteiger partial charge in [-0.15, -0.1) is 0 Å². The summed E-state index contributed by atoms with van der Waals surface area (Å²) in [7, 11) is 0. The number of halogens is 4. The molecule has 9 heteroatoms. The molecule has 2 aromatic carbocycles. The van der Waals surface area contributed by atoms with Crippen LogP contribution in [0.2, 0.25) is 0 Å². The summed E-state index contributed by atoms with van der Waals surface area (Å²) < 4.78 is 55.0. The molecule has 1 amide bonds. The van der Waals surface area contributed by atoms with Gasteiger partial charge in [0.15, 0.2) is 0 Å². The van der Waals surface area contributed by atoms with E-state index in [-0.39, 0.29) is 16.7 Å². The fraction of sp³-hybridized carbons (Fsp3) is 0.333. The third-order valence-corrected chi connectivity index (χ3v) is 5.14. The van der Waals surface area contributed by atoms with Crippen LogP contribution < -0.4 is 10.2 Å². The molecule has 0 saturated carbocycles. The van der Waals surface area contributed by atoms with Crippen LogP contribution in [0.15, 0.2) is 42.5 Å². The molecule has 5 nitrogen and oxygen atoms in total. The number of hydrogen-bond donors (Lipinski definition) is 1. The predicted octanol–water partition coefficient (Wildman–Crippen LogP) is 4.82. The smallest absolute Gasteiger partial charge is 0.370 e. The van der Waals surface area contributed by atoms with Crippen molar-refractivity contribution in [3.63, 3.8) is 0 Å². The van der Waals surface area contributed by atoms with Crippen molar-refractivity contribution in [1.29, 1.82) is 0 Å². The zero-order chi connectivity index (χ0) is 21.3. The van der Waals surface area contributed by atoms with E-state index in [1.807, 2.05) is 4.90 Å². The van der Waals surface area contributed by atoms with E-state index in [1.165, 1.54) is 24.3 Å². The number of nitrogens with zero attached hydrogens (tertiary/aromatic N) is 3. The normalized spacial score (nSPS) is 14.9. The molecule has 0 bridgehead atoms. The minimum atomic E-state index is -4.71. The van der Waals surface area contributed by atoms with Crippen LogP contribution in [0.4, 0.5) is 28.9 Å². The van der Waals surface area contributed by atoms with Gasteiger partial charge < -0.3 is 14.8 Å². The highest BCUT2D eigenvalue weighted by Gasteiger charge is 2.38. The van der Waals surface area contributed by atoms with Crippen molar-refractivity contribution in [2.24, 2.45) is 0 Å². The van der Waals surface area contributed by atoms with Gasteiger partial charge in [0.05, 0.1) is 22.4 Å². The van der Waals surface area contributed by atoms with Gasteiger partial charge in [-0.05, 0) is 49.6 Å². The Labute approximate surface area is 170 Å². The molecule has 4 rings (SSSR count). The highest BCUT2D eigenvalue weighted by Crippen LogP contribution is 2.32. The Morgan fingerprint density at radius 1 is 1.07 bits per heavy atom. The third kappa shape index (κ3) is 4.10. The Hall–Kier alpha value is -3.10. The highest BCUT2D eigenvalue weighted by molar-refractivity contribution is 5.95. The molecule has 0 atom stereocenters. The Morgan fingerprint density at radius 3 is 2.53 bits per heavy atom. The zero-order valence-electron chi connectivity index (χ0n) is 16.0. The lowest BCUT2D eigenvalue weighted by atomic mass is 10.1. The van der Waals surface area contributed by atoms with Crippen molar-refractivity contribution < 1.29 is 22.4 Å². The van der Waals surface area contributed by atoms with Crippen molar-refractivity contribution >= 4 is 28.3 Å². The van der Waals surface area contributed by atoms with Gasteiger partial charge in [-0.2, -0.15) is 13.2 Å². The molecule has 0 spiro atoms. The first kappa shape index (κ1) is 20.2.